The van der Waals surface area contributed by atoms with Crippen molar-refractivity contribution in [2.45, 2.75) is 25.6 Å². The van der Waals surface area contributed by atoms with Crippen molar-refractivity contribution in [2.75, 3.05) is 0 Å². The highest BCUT2D eigenvalue weighted by molar-refractivity contribution is 4.94. The summed E-state index contributed by atoms with van der Waals surface area (Å²) in [6, 6.07) is 1.39. The first-order valence-electron chi connectivity index (χ1n) is 2.25. The van der Waals surface area contributed by atoms with Crippen LogP contribution in [0.3, 0.4) is 0 Å². The fraction of sp³-hybridized carbons (Fsp3) is 0.800. The minimum atomic E-state index is -1.80. The molecule has 0 saturated carbocycles. The minimum Gasteiger partial charge on any atom is -0.375 e. The van der Waals surface area contributed by atoms with Crippen LogP contribution in [-0.2, 0) is 0 Å². The van der Waals surface area contributed by atoms with E-state index in [1.54, 1.807) is 0 Å². The normalized spacial score (nSPS) is 14.9. The quantitative estimate of drug-likeness (QED) is 0.511. The summed E-state index contributed by atoms with van der Waals surface area (Å²) >= 11 is 0. The fourth-order valence-corrected chi connectivity index (χ4v) is 0.153. The third-order valence-electron chi connectivity index (χ3n) is 0.773. The summed E-state index contributed by atoms with van der Waals surface area (Å²) in [6.07, 6.45) is -1.51. The second kappa shape index (κ2) is 2.10. The first-order valence-corrected chi connectivity index (χ1v) is 2.25. The lowest BCUT2D eigenvalue weighted by Gasteiger charge is -2.13. The summed E-state index contributed by atoms with van der Waals surface area (Å²) in [7, 11) is 0. The Morgan fingerprint density at radius 2 is 2.12 bits per heavy atom. The second-order valence-electron chi connectivity index (χ2n) is 2.10. The average molecular weight is 117 g/mol. The molecule has 3 heteroatoms. The van der Waals surface area contributed by atoms with Crippen LogP contribution < -0.4 is 0 Å². The minimum absolute atomic E-state index is 1.15. The van der Waals surface area contributed by atoms with Crippen LogP contribution in [0.5, 0.6) is 0 Å². The standard InChI is InChI=1S/C5H8FNO/c1-5(2,6)4(8)3-7/h4,8H,1-2H3/t4-/m1/s1. The molecule has 0 spiro atoms. The molecule has 8 heavy (non-hydrogen) atoms. The molecule has 0 bridgehead atoms. The van der Waals surface area contributed by atoms with Gasteiger partial charge in [-0.25, -0.2) is 4.39 Å². The lowest BCUT2D eigenvalue weighted by Crippen LogP contribution is -2.29. The van der Waals surface area contributed by atoms with Crippen molar-refractivity contribution < 1.29 is 9.50 Å². The van der Waals surface area contributed by atoms with Crippen LogP contribution in [0.4, 0.5) is 4.39 Å². The summed E-state index contributed by atoms with van der Waals surface area (Å²) in [5.74, 6) is 0. The lowest BCUT2D eigenvalue weighted by atomic mass is 10.1. The number of aliphatic hydroxyl groups is 1. The molecule has 1 atom stereocenters. The van der Waals surface area contributed by atoms with Crippen LogP contribution in [0.25, 0.3) is 0 Å². The van der Waals surface area contributed by atoms with E-state index < -0.39 is 11.8 Å². The number of alkyl halides is 1. The molecule has 46 valence electrons. The van der Waals surface area contributed by atoms with Gasteiger partial charge < -0.3 is 5.11 Å². The Hall–Kier alpha value is -0.620. The predicted octanol–water partition coefficient (Wildman–Crippen LogP) is 0.619. The van der Waals surface area contributed by atoms with Crippen molar-refractivity contribution in [3.8, 4) is 6.07 Å². The number of rotatable bonds is 1. The Labute approximate surface area is 47.6 Å². The van der Waals surface area contributed by atoms with E-state index in [1.165, 1.54) is 6.07 Å². The van der Waals surface area contributed by atoms with Crippen molar-refractivity contribution in [3.05, 3.63) is 0 Å². The first kappa shape index (κ1) is 7.38. The largest absolute Gasteiger partial charge is 0.375 e. The Balaban J connectivity index is 3.87. The molecule has 0 aromatic carbocycles. The lowest BCUT2D eigenvalue weighted by molar-refractivity contribution is 0.0559. The highest BCUT2D eigenvalue weighted by Crippen LogP contribution is 2.12. The summed E-state index contributed by atoms with van der Waals surface area (Å²) < 4.78 is 12.3. The van der Waals surface area contributed by atoms with Gasteiger partial charge in [-0.1, -0.05) is 0 Å². The summed E-state index contributed by atoms with van der Waals surface area (Å²) in [5.41, 5.74) is -1.80. The molecule has 0 aromatic rings. The van der Waals surface area contributed by atoms with Crippen LogP contribution in [0.15, 0.2) is 0 Å². The molecule has 0 rings (SSSR count). The Bertz CT molecular complexity index is 111. The number of nitrogens with zero attached hydrogens (tertiary/aromatic N) is 1. The zero-order valence-corrected chi connectivity index (χ0v) is 4.85. The fourth-order valence-electron chi connectivity index (χ4n) is 0.153. The van der Waals surface area contributed by atoms with Crippen molar-refractivity contribution in [2.24, 2.45) is 0 Å². The summed E-state index contributed by atoms with van der Waals surface area (Å²) in [6.45, 7) is 2.31. The topological polar surface area (TPSA) is 44.0 Å². The zero-order valence-electron chi connectivity index (χ0n) is 4.85. The van der Waals surface area contributed by atoms with E-state index in [4.69, 9.17) is 10.4 Å². The molecule has 0 saturated heterocycles. The Kier molecular flexibility index (Phi) is 1.94. The van der Waals surface area contributed by atoms with Crippen LogP contribution >= 0.6 is 0 Å². The highest BCUT2D eigenvalue weighted by atomic mass is 19.1. The number of hydrogen-bond donors (Lipinski definition) is 1. The molecular weight excluding hydrogens is 109 g/mol. The molecule has 2 nitrogen and oxygen atoms in total. The number of hydrogen-bond acceptors (Lipinski definition) is 2. The number of aliphatic hydroxyl groups excluding tert-OH is 1. The van der Waals surface area contributed by atoms with Crippen LogP contribution in [-0.4, -0.2) is 16.9 Å². The molecule has 0 unspecified atom stereocenters. The van der Waals surface area contributed by atoms with Gasteiger partial charge in [-0.15, -0.1) is 0 Å². The van der Waals surface area contributed by atoms with Crippen molar-refractivity contribution in [1.82, 2.24) is 0 Å². The van der Waals surface area contributed by atoms with E-state index in [2.05, 4.69) is 0 Å². The van der Waals surface area contributed by atoms with E-state index in [0.29, 0.717) is 0 Å². The van der Waals surface area contributed by atoms with Gasteiger partial charge in [-0.2, -0.15) is 5.26 Å². The third kappa shape index (κ3) is 1.90. The Morgan fingerprint density at radius 1 is 1.75 bits per heavy atom. The molecule has 0 aliphatic carbocycles. The average Bonchev–Trinajstić information content (AvgIpc) is 1.62. The highest BCUT2D eigenvalue weighted by Gasteiger charge is 2.26. The third-order valence-corrected chi connectivity index (χ3v) is 0.773. The molecule has 0 aliphatic rings. The van der Waals surface area contributed by atoms with Crippen LogP contribution in [0.1, 0.15) is 13.8 Å². The van der Waals surface area contributed by atoms with E-state index in [-0.39, 0.29) is 0 Å². The smallest absolute Gasteiger partial charge is 0.173 e. The number of nitriles is 1. The molecule has 0 aromatic heterocycles. The SMILES string of the molecule is CC(C)(F)[C@H](O)C#N. The molecule has 1 N–H and O–H groups in total. The molecular formula is C5H8FNO. The second-order valence-corrected chi connectivity index (χ2v) is 2.10. The maximum atomic E-state index is 12.3. The molecule has 0 radical (unpaired) electrons. The van der Waals surface area contributed by atoms with Gasteiger partial charge in [0.1, 0.15) is 5.67 Å². The van der Waals surface area contributed by atoms with Gasteiger partial charge in [0.2, 0.25) is 0 Å². The van der Waals surface area contributed by atoms with Gasteiger partial charge in [0, 0.05) is 0 Å². The van der Waals surface area contributed by atoms with E-state index in [9.17, 15) is 4.39 Å². The molecule has 0 fully saturated rings. The van der Waals surface area contributed by atoms with E-state index >= 15 is 0 Å². The monoisotopic (exact) mass is 117 g/mol. The van der Waals surface area contributed by atoms with Gasteiger partial charge in [0.25, 0.3) is 0 Å². The van der Waals surface area contributed by atoms with E-state index in [0.717, 1.165) is 13.8 Å². The van der Waals surface area contributed by atoms with E-state index in [1.807, 2.05) is 0 Å². The summed E-state index contributed by atoms with van der Waals surface area (Å²) in [5, 5.41) is 16.4. The van der Waals surface area contributed by atoms with Gasteiger partial charge in [-0.3, -0.25) is 0 Å². The van der Waals surface area contributed by atoms with Crippen molar-refractivity contribution in [1.29, 1.82) is 5.26 Å². The zero-order chi connectivity index (χ0) is 6.78. The van der Waals surface area contributed by atoms with Crippen LogP contribution in [0, 0.1) is 11.3 Å². The molecule has 0 heterocycles. The van der Waals surface area contributed by atoms with Crippen molar-refractivity contribution >= 4 is 0 Å². The number of halogens is 1. The molecule has 0 amide bonds. The predicted molar refractivity (Wildman–Crippen MR) is 26.8 cm³/mol. The van der Waals surface area contributed by atoms with Gasteiger partial charge in [0.15, 0.2) is 6.10 Å². The maximum absolute atomic E-state index is 12.3. The Morgan fingerprint density at radius 3 is 2.12 bits per heavy atom. The first-order chi connectivity index (χ1) is 3.48. The maximum Gasteiger partial charge on any atom is 0.173 e. The van der Waals surface area contributed by atoms with Crippen LogP contribution in [0.2, 0.25) is 0 Å². The van der Waals surface area contributed by atoms with Gasteiger partial charge in [-0.05, 0) is 13.8 Å². The van der Waals surface area contributed by atoms with Gasteiger partial charge in [0.05, 0.1) is 6.07 Å². The van der Waals surface area contributed by atoms with Gasteiger partial charge >= 0.3 is 0 Å². The van der Waals surface area contributed by atoms with Crippen molar-refractivity contribution in [3.63, 3.8) is 0 Å². The summed E-state index contributed by atoms with van der Waals surface area (Å²) in [4.78, 5) is 0. The molecule has 0 aliphatic heterocycles.